The van der Waals surface area contributed by atoms with Gasteiger partial charge < -0.3 is 24.1 Å². The van der Waals surface area contributed by atoms with Gasteiger partial charge in [0.05, 0.1) is 52.9 Å². The van der Waals surface area contributed by atoms with Crippen LogP contribution in [0.4, 0.5) is 0 Å². The van der Waals surface area contributed by atoms with E-state index in [1.54, 1.807) is 0 Å². The van der Waals surface area contributed by atoms with Crippen molar-refractivity contribution in [1.29, 1.82) is 0 Å². The van der Waals surface area contributed by atoms with E-state index in [2.05, 4.69) is 6.92 Å². The van der Waals surface area contributed by atoms with Crippen LogP contribution in [0.25, 0.3) is 0 Å². The summed E-state index contributed by atoms with van der Waals surface area (Å²) in [5, 5.41) is 8.51. The van der Waals surface area contributed by atoms with Crippen LogP contribution in [-0.2, 0) is 18.9 Å². The molecule has 0 aromatic carbocycles. The maximum atomic E-state index is 8.51. The molecule has 0 unspecified atom stereocenters. The van der Waals surface area contributed by atoms with Gasteiger partial charge in [0, 0.05) is 6.61 Å². The molecule has 0 aliphatic heterocycles. The lowest BCUT2D eigenvalue weighted by atomic mass is 9.83. The zero-order chi connectivity index (χ0) is 15.2. The predicted molar refractivity (Wildman–Crippen MR) is 81.5 cm³/mol. The molecule has 0 bridgehead atoms. The Morgan fingerprint density at radius 2 is 1.19 bits per heavy atom. The fraction of sp³-hybridized carbons (Fsp3) is 1.00. The van der Waals surface area contributed by atoms with Crippen molar-refractivity contribution in [3.05, 3.63) is 0 Å². The van der Waals surface area contributed by atoms with Crippen molar-refractivity contribution in [3.8, 4) is 0 Å². The Kier molecular flexibility index (Phi) is 12.1. The van der Waals surface area contributed by atoms with E-state index in [1.807, 2.05) is 0 Å². The Balaban J connectivity index is 1.73. The van der Waals surface area contributed by atoms with E-state index in [-0.39, 0.29) is 6.61 Å². The average molecular weight is 304 g/mol. The summed E-state index contributed by atoms with van der Waals surface area (Å²) in [5.41, 5.74) is 0. The Bertz CT molecular complexity index is 217. The lowest BCUT2D eigenvalue weighted by Gasteiger charge is -2.25. The van der Waals surface area contributed by atoms with Crippen LogP contribution in [0.2, 0.25) is 0 Å². The fourth-order valence-electron chi connectivity index (χ4n) is 2.47. The quantitative estimate of drug-likeness (QED) is 0.526. The number of ether oxygens (including phenoxy) is 4. The van der Waals surface area contributed by atoms with Crippen molar-refractivity contribution in [2.24, 2.45) is 11.8 Å². The number of aliphatic hydroxyl groups is 1. The number of hydrogen-bond donors (Lipinski definition) is 1. The highest BCUT2D eigenvalue weighted by atomic mass is 16.6. The minimum Gasteiger partial charge on any atom is -0.394 e. The third-order valence-electron chi connectivity index (χ3n) is 3.84. The first-order chi connectivity index (χ1) is 10.3. The van der Waals surface area contributed by atoms with Gasteiger partial charge in [0.2, 0.25) is 0 Å². The van der Waals surface area contributed by atoms with Crippen molar-refractivity contribution in [2.75, 3.05) is 59.5 Å². The van der Waals surface area contributed by atoms with Gasteiger partial charge in [-0.05, 0) is 24.7 Å². The summed E-state index contributed by atoms with van der Waals surface area (Å²) in [4.78, 5) is 0. The SMILES string of the molecule is C[C@H]1CC[C@H](COCCOCCOCCOCCO)CC1. The molecule has 5 heteroatoms. The normalized spacial score (nSPS) is 22.6. The van der Waals surface area contributed by atoms with E-state index in [9.17, 15) is 0 Å². The summed E-state index contributed by atoms with van der Waals surface area (Å²) in [6.07, 6.45) is 5.33. The molecule has 0 saturated heterocycles. The average Bonchev–Trinajstić information content (AvgIpc) is 2.50. The van der Waals surface area contributed by atoms with Gasteiger partial charge in [0.25, 0.3) is 0 Å². The molecule has 1 rings (SSSR count). The van der Waals surface area contributed by atoms with Crippen LogP contribution in [0.15, 0.2) is 0 Å². The predicted octanol–water partition coefficient (Wildman–Crippen LogP) is 1.87. The highest BCUT2D eigenvalue weighted by Gasteiger charge is 2.17. The van der Waals surface area contributed by atoms with E-state index in [0.717, 1.165) is 18.4 Å². The summed E-state index contributed by atoms with van der Waals surface area (Å²) < 4.78 is 21.5. The monoisotopic (exact) mass is 304 g/mol. The maximum absolute atomic E-state index is 8.51. The molecule has 1 saturated carbocycles. The van der Waals surface area contributed by atoms with E-state index >= 15 is 0 Å². The van der Waals surface area contributed by atoms with Gasteiger partial charge in [-0.2, -0.15) is 0 Å². The van der Waals surface area contributed by atoms with Crippen LogP contribution in [-0.4, -0.2) is 64.6 Å². The number of rotatable bonds is 13. The van der Waals surface area contributed by atoms with E-state index in [4.69, 9.17) is 24.1 Å². The molecule has 1 fully saturated rings. The Morgan fingerprint density at radius 3 is 1.71 bits per heavy atom. The molecule has 0 aromatic rings. The summed E-state index contributed by atoms with van der Waals surface area (Å²) in [5.74, 6) is 1.65. The summed E-state index contributed by atoms with van der Waals surface area (Å²) >= 11 is 0. The smallest absolute Gasteiger partial charge is 0.0701 e. The largest absolute Gasteiger partial charge is 0.394 e. The molecule has 1 aliphatic carbocycles. The van der Waals surface area contributed by atoms with E-state index < -0.39 is 0 Å². The first-order valence-electron chi connectivity index (χ1n) is 8.24. The van der Waals surface area contributed by atoms with Gasteiger partial charge in [-0.15, -0.1) is 0 Å². The Morgan fingerprint density at radius 1 is 0.714 bits per heavy atom. The minimum atomic E-state index is 0.0585. The van der Waals surface area contributed by atoms with Crippen LogP contribution in [0.5, 0.6) is 0 Å². The molecule has 0 atom stereocenters. The highest BCUT2D eigenvalue weighted by molar-refractivity contribution is 4.69. The standard InChI is InChI=1S/C16H32O5/c1-15-2-4-16(5-3-15)14-21-13-12-20-11-10-19-9-8-18-7-6-17/h15-17H,2-14H2,1H3/t15-,16-. The summed E-state index contributed by atoms with van der Waals surface area (Å²) in [6.45, 7) is 7.18. The molecule has 0 radical (unpaired) electrons. The molecule has 1 aliphatic rings. The van der Waals surface area contributed by atoms with E-state index in [1.165, 1.54) is 25.7 Å². The van der Waals surface area contributed by atoms with Crippen molar-refractivity contribution in [1.82, 2.24) is 0 Å². The number of aliphatic hydroxyl groups excluding tert-OH is 1. The molecule has 0 aromatic heterocycles. The summed E-state index contributed by atoms with van der Waals surface area (Å²) in [6, 6.07) is 0. The third-order valence-corrected chi connectivity index (χ3v) is 3.84. The first-order valence-corrected chi connectivity index (χ1v) is 8.24. The zero-order valence-corrected chi connectivity index (χ0v) is 13.4. The second-order valence-electron chi connectivity index (χ2n) is 5.76. The van der Waals surface area contributed by atoms with Crippen molar-refractivity contribution in [2.45, 2.75) is 32.6 Å². The van der Waals surface area contributed by atoms with Crippen LogP contribution < -0.4 is 0 Å². The van der Waals surface area contributed by atoms with Crippen LogP contribution >= 0.6 is 0 Å². The van der Waals surface area contributed by atoms with E-state index in [0.29, 0.717) is 46.2 Å². The Labute approximate surface area is 128 Å². The van der Waals surface area contributed by atoms with Crippen molar-refractivity contribution >= 4 is 0 Å². The molecule has 0 spiro atoms. The van der Waals surface area contributed by atoms with Gasteiger partial charge >= 0.3 is 0 Å². The topological polar surface area (TPSA) is 57.2 Å². The molecule has 126 valence electrons. The third kappa shape index (κ3) is 11.1. The molecule has 5 nitrogen and oxygen atoms in total. The molecular weight excluding hydrogens is 272 g/mol. The van der Waals surface area contributed by atoms with Crippen molar-refractivity contribution < 1.29 is 24.1 Å². The zero-order valence-electron chi connectivity index (χ0n) is 13.4. The first kappa shape index (κ1) is 18.8. The second-order valence-corrected chi connectivity index (χ2v) is 5.76. The molecular formula is C16H32O5. The van der Waals surface area contributed by atoms with Gasteiger partial charge in [-0.1, -0.05) is 19.8 Å². The minimum absolute atomic E-state index is 0.0585. The summed E-state index contributed by atoms with van der Waals surface area (Å²) in [7, 11) is 0. The molecule has 21 heavy (non-hydrogen) atoms. The maximum Gasteiger partial charge on any atom is 0.0701 e. The van der Waals surface area contributed by atoms with Crippen LogP contribution in [0.3, 0.4) is 0 Å². The second kappa shape index (κ2) is 13.5. The highest BCUT2D eigenvalue weighted by Crippen LogP contribution is 2.28. The molecule has 1 N–H and O–H groups in total. The van der Waals surface area contributed by atoms with Gasteiger partial charge in [-0.3, -0.25) is 0 Å². The lowest BCUT2D eigenvalue weighted by Crippen LogP contribution is -2.19. The van der Waals surface area contributed by atoms with Gasteiger partial charge in [-0.25, -0.2) is 0 Å². The fourth-order valence-corrected chi connectivity index (χ4v) is 2.47. The van der Waals surface area contributed by atoms with Crippen LogP contribution in [0, 0.1) is 11.8 Å². The molecule has 0 amide bonds. The number of hydrogen-bond acceptors (Lipinski definition) is 5. The van der Waals surface area contributed by atoms with Crippen LogP contribution in [0.1, 0.15) is 32.6 Å². The van der Waals surface area contributed by atoms with Gasteiger partial charge in [0.15, 0.2) is 0 Å². The Hall–Kier alpha value is -0.200. The van der Waals surface area contributed by atoms with Gasteiger partial charge in [0.1, 0.15) is 0 Å². The van der Waals surface area contributed by atoms with Crippen molar-refractivity contribution in [3.63, 3.8) is 0 Å². The molecule has 0 heterocycles. The lowest BCUT2D eigenvalue weighted by molar-refractivity contribution is -0.0109.